The lowest BCUT2D eigenvalue weighted by Gasteiger charge is -2.12. The Kier molecular flexibility index (Phi) is 3.78. The average Bonchev–Trinajstić information content (AvgIpc) is 2.57. The monoisotopic (exact) mass is 300 g/mol. The van der Waals surface area contributed by atoms with E-state index in [9.17, 15) is 5.26 Å². The molecule has 112 valence electrons. The molecule has 0 saturated heterocycles. The van der Waals surface area contributed by atoms with Crippen LogP contribution in [0.3, 0.4) is 0 Å². The van der Waals surface area contributed by atoms with Gasteiger partial charge in [-0.25, -0.2) is 4.98 Å². The molecule has 0 aliphatic heterocycles. The summed E-state index contributed by atoms with van der Waals surface area (Å²) in [5.41, 5.74) is 12.1. The Labute approximate surface area is 135 Å². The number of nitrogen functional groups attached to an aromatic ring is 1. The Hall–Kier alpha value is -3.19. The number of nitrogens with zero attached hydrogens (tertiary/aromatic N) is 3. The molecule has 4 heteroatoms. The van der Waals surface area contributed by atoms with E-state index < -0.39 is 0 Å². The first-order chi connectivity index (χ1) is 11.1. The van der Waals surface area contributed by atoms with Crippen LogP contribution in [0.25, 0.3) is 22.4 Å². The van der Waals surface area contributed by atoms with Crippen molar-refractivity contribution >= 4 is 5.82 Å². The minimum absolute atomic E-state index is 0.241. The summed E-state index contributed by atoms with van der Waals surface area (Å²) in [6, 6.07) is 14.0. The van der Waals surface area contributed by atoms with Crippen LogP contribution in [0.4, 0.5) is 5.82 Å². The standard InChI is InChI=1S/C19H16N4/c1-12-5-6-13(2)15(8-12)18-9-16(14-4-3-7-22-11-14)17(10-20)19(21)23-18/h3-9,11H,1-2H3,(H2,21,23). The van der Waals surface area contributed by atoms with Crippen molar-refractivity contribution in [2.45, 2.75) is 13.8 Å². The van der Waals surface area contributed by atoms with Crippen molar-refractivity contribution in [1.29, 1.82) is 5.26 Å². The van der Waals surface area contributed by atoms with Gasteiger partial charge in [0.05, 0.1) is 5.69 Å². The highest BCUT2D eigenvalue weighted by Crippen LogP contribution is 2.32. The molecule has 2 aromatic heterocycles. The molecule has 0 spiro atoms. The summed E-state index contributed by atoms with van der Waals surface area (Å²) in [5, 5.41) is 9.43. The second-order valence-corrected chi connectivity index (χ2v) is 5.49. The van der Waals surface area contributed by atoms with Crippen LogP contribution >= 0.6 is 0 Å². The summed E-state index contributed by atoms with van der Waals surface area (Å²) in [4.78, 5) is 8.57. The van der Waals surface area contributed by atoms with Crippen molar-refractivity contribution in [2.24, 2.45) is 0 Å². The molecule has 23 heavy (non-hydrogen) atoms. The van der Waals surface area contributed by atoms with E-state index in [0.29, 0.717) is 5.56 Å². The number of benzene rings is 1. The number of nitrogens with two attached hydrogens (primary N) is 1. The molecule has 2 N–H and O–H groups in total. The van der Waals surface area contributed by atoms with Gasteiger partial charge in [0.25, 0.3) is 0 Å². The predicted molar refractivity (Wildman–Crippen MR) is 91.5 cm³/mol. The molecule has 0 radical (unpaired) electrons. The van der Waals surface area contributed by atoms with Gasteiger partial charge in [-0.3, -0.25) is 4.98 Å². The number of hydrogen-bond donors (Lipinski definition) is 1. The van der Waals surface area contributed by atoms with Crippen LogP contribution in [0.15, 0.2) is 48.8 Å². The summed E-state index contributed by atoms with van der Waals surface area (Å²) in [7, 11) is 0. The number of aromatic nitrogens is 2. The van der Waals surface area contributed by atoms with Gasteiger partial charge in [0.2, 0.25) is 0 Å². The minimum Gasteiger partial charge on any atom is -0.383 e. The van der Waals surface area contributed by atoms with Gasteiger partial charge in [0.15, 0.2) is 0 Å². The predicted octanol–water partition coefficient (Wildman–Crippen LogP) is 3.88. The molecular weight excluding hydrogens is 284 g/mol. The topological polar surface area (TPSA) is 75.6 Å². The van der Waals surface area contributed by atoms with Crippen molar-refractivity contribution in [1.82, 2.24) is 9.97 Å². The molecule has 0 atom stereocenters. The maximum absolute atomic E-state index is 9.43. The van der Waals surface area contributed by atoms with Gasteiger partial charge in [0.1, 0.15) is 17.5 Å². The Morgan fingerprint density at radius 1 is 1.09 bits per heavy atom. The molecule has 0 fully saturated rings. The number of aryl methyl sites for hydroxylation is 2. The quantitative estimate of drug-likeness (QED) is 0.779. The van der Waals surface area contributed by atoms with Gasteiger partial charge in [-0.15, -0.1) is 0 Å². The third-order valence-corrected chi connectivity index (χ3v) is 3.80. The SMILES string of the molecule is Cc1ccc(C)c(-c2cc(-c3cccnc3)c(C#N)c(N)n2)c1. The van der Waals surface area contributed by atoms with Crippen LogP contribution in [0.2, 0.25) is 0 Å². The summed E-state index contributed by atoms with van der Waals surface area (Å²) < 4.78 is 0. The first-order valence-electron chi connectivity index (χ1n) is 7.29. The van der Waals surface area contributed by atoms with Crippen LogP contribution in [-0.2, 0) is 0 Å². The van der Waals surface area contributed by atoms with E-state index in [1.54, 1.807) is 12.4 Å². The smallest absolute Gasteiger partial charge is 0.142 e. The van der Waals surface area contributed by atoms with Crippen LogP contribution in [0.5, 0.6) is 0 Å². The lowest BCUT2D eigenvalue weighted by atomic mass is 9.97. The largest absolute Gasteiger partial charge is 0.383 e. The number of anilines is 1. The van der Waals surface area contributed by atoms with E-state index in [-0.39, 0.29) is 5.82 Å². The van der Waals surface area contributed by atoms with Crippen LogP contribution < -0.4 is 5.73 Å². The Morgan fingerprint density at radius 3 is 2.61 bits per heavy atom. The van der Waals surface area contributed by atoms with Crippen molar-refractivity contribution in [3.05, 3.63) is 65.5 Å². The second kappa shape index (κ2) is 5.90. The number of pyridine rings is 2. The Bertz CT molecular complexity index is 909. The van der Waals surface area contributed by atoms with E-state index in [0.717, 1.165) is 33.5 Å². The lowest BCUT2D eigenvalue weighted by molar-refractivity contribution is 1.27. The van der Waals surface area contributed by atoms with E-state index in [4.69, 9.17) is 5.73 Å². The Morgan fingerprint density at radius 2 is 1.91 bits per heavy atom. The minimum atomic E-state index is 0.241. The molecular formula is C19H16N4. The fourth-order valence-corrected chi connectivity index (χ4v) is 2.58. The molecule has 0 bridgehead atoms. The molecule has 3 aromatic rings. The molecule has 2 heterocycles. The first-order valence-corrected chi connectivity index (χ1v) is 7.29. The summed E-state index contributed by atoms with van der Waals surface area (Å²) in [5.74, 6) is 0.241. The molecule has 0 aliphatic rings. The van der Waals surface area contributed by atoms with Gasteiger partial charge in [-0.1, -0.05) is 23.8 Å². The lowest BCUT2D eigenvalue weighted by Crippen LogP contribution is -2.00. The highest BCUT2D eigenvalue weighted by atomic mass is 14.8. The molecule has 0 unspecified atom stereocenters. The third-order valence-electron chi connectivity index (χ3n) is 3.80. The van der Waals surface area contributed by atoms with E-state index in [1.165, 1.54) is 0 Å². The van der Waals surface area contributed by atoms with E-state index in [1.807, 2.05) is 32.0 Å². The van der Waals surface area contributed by atoms with Crippen LogP contribution in [0, 0.1) is 25.2 Å². The van der Waals surface area contributed by atoms with Gasteiger partial charge >= 0.3 is 0 Å². The van der Waals surface area contributed by atoms with Crippen molar-refractivity contribution in [3.63, 3.8) is 0 Å². The third kappa shape index (κ3) is 2.77. The van der Waals surface area contributed by atoms with Gasteiger partial charge in [-0.2, -0.15) is 5.26 Å². The maximum atomic E-state index is 9.43. The van der Waals surface area contributed by atoms with E-state index >= 15 is 0 Å². The highest BCUT2D eigenvalue weighted by molar-refractivity contribution is 5.80. The molecule has 0 saturated carbocycles. The van der Waals surface area contributed by atoms with Gasteiger partial charge in [0, 0.05) is 29.1 Å². The summed E-state index contributed by atoms with van der Waals surface area (Å²) in [6.07, 6.45) is 3.42. The number of rotatable bonds is 2. The van der Waals surface area contributed by atoms with Crippen molar-refractivity contribution in [3.8, 4) is 28.5 Å². The average molecular weight is 300 g/mol. The van der Waals surface area contributed by atoms with Gasteiger partial charge < -0.3 is 5.73 Å². The first kappa shape index (κ1) is 14.7. The summed E-state index contributed by atoms with van der Waals surface area (Å²) >= 11 is 0. The fourth-order valence-electron chi connectivity index (χ4n) is 2.58. The van der Waals surface area contributed by atoms with Crippen LogP contribution in [0.1, 0.15) is 16.7 Å². The maximum Gasteiger partial charge on any atom is 0.142 e. The fraction of sp³-hybridized carbons (Fsp3) is 0.105. The zero-order valence-corrected chi connectivity index (χ0v) is 13.0. The van der Waals surface area contributed by atoms with Gasteiger partial charge in [-0.05, 0) is 37.6 Å². The second-order valence-electron chi connectivity index (χ2n) is 5.49. The number of nitriles is 1. The molecule has 0 aliphatic carbocycles. The van der Waals surface area contributed by atoms with Crippen molar-refractivity contribution < 1.29 is 0 Å². The molecule has 4 nitrogen and oxygen atoms in total. The Balaban J connectivity index is 2.27. The zero-order valence-electron chi connectivity index (χ0n) is 13.0. The molecule has 1 aromatic carbocycles. The molecule has 3 rings (SSSR count). The zero-order chi connectivity index (χ0) is 16.4. The highest BCUT2D eigenvalue weighted by Gasteiger charge is 2.14. The molecule has 0 amide bonds. The normalized spacial score (nSPS) is 10.3. The number of hydrogen-bond acceptors (Lipinski definition) is 4. The summed E-state index contributed by atoms with van der Waals surface area (Å²) in [6.45, 7) is 4.08. The van der Waals surface area contributed by atoms with Crippen molar-refractivity contribution in [2.75, 3.05) is 5.73 Å². The van der Waals surface area contributed by atoms with E-state index in [2.05, 4.69) is 34.2 Å². The van der Waals surface area contributed by atoms with Crippen LogP contribution in [-0.4, -0.2) is 9.97 Å².